The van der Waals surface area contributed by atoms with E-state index in [1.165, 1.54) is 19.2 Å². The molecule has 98 valence electrons. The average Bonchev–Trinajstić information content (AvgIpc) is 2.22. The van der Waals surface area contributed by atoms with Crippen LogP contribution in [0, 0.1) is 5.82 Å². The zero-order chi connectivity index (χ0) is 12.1. The molecular formula is C11H18ClFN2O2. The van der Waals surface area contributed by atoms with Crippen molar-refractivity contribution < 1.29 is 13.9 Å². The van der Waals surface area contributed by atoms with Crippen molar-refractivity contribution in [2.24, 2.45) is 5.73 Å². The lowest BCUT2D eigenvalue weighted by atomic mass is 10.2. The Morgan fingerprint density at radius 1 is 1.41 bits per heavy atom. The molecule has 0 fully saturated rings. The van der Waals surface area contributed by atoms with E-state index in [1.807, 2.05) is 6.92 Å². The van der Waals surface area contributed by atoms with Crippen LogP contribution in [-0.4, -0.2) is 19.8 Å². The fraction of sp³-hybridized carbons (Fsp3) is 0.455. The Morgan fingerprint density at radius 2 is 2.06 bits per heavy atom. The third kappa shape index (κ3) is 4.77. The van der Waals surface area contributed by atoms with Gasteiger partial charge in [-0.05, 0) is 13.0 Å². The number of hydrogen-bond acceptors (Lipinski definition) is 4. The van der Waals surface area contributed by atoms with Gasteiger partial charge in [-0.25, -0.2) is 4.39 Å². The molecule has 0 aliphatic carbocycles. The summed E-state index contributed by atoms with van der Waals surface area (Å²) in [5.41, 5.74) is 12.0. The first-order chi connectivity index (χ1) is 7.54. The standard InChI is InChI=1S/C11H17FN2O2.ClH/c1-7(13)5-16-6-8-3-10(14)11(15-2)4-9(8)12;/h3-4,7H,5-6,13-14H2,1-2H3;1H. The number of halogens is 2. The van der Waals surface area contributed by atoms with E-state index in [9.17, 15) is 4.39 Å². The number of nitrogens with two attached hydrogens (primary N) is 2. The summed E-state index contributed by atoms with van der Waals surface area (Å²) >= 11 is 0. The highest BCUT2D eigenvalue weighted by molar-refractivity contribution is 5.85. The van der Waals surface area contributed by atoms with Crippen LogP contribution < -0.4 is 16.2 Å². The van der Waals surface area contributed by atoms with Gasteiger partial charge in [-0.15, -0.1) is 12.4 Å². The number of rotatable bonds is 5. The van der Waals surface area contributed by atoms with Crippen LogP contribution in [0.1, 0.15) is 12.5 Å². The van der Waals surface area contributed by atoms with Gasteiger partial charge in [-0.3, -0.25) is 0 Å². The van der Waals surface area contributed by atoms with Crippen LogP contribution in [0.2, 0.25) is 0 Å². The monoisotopic (exact) mass is 264 g/mol. The van der Waals surface area contributed by atoms with E-state index in [-0.39, 0.29) is 25.1 Å². The molecule has 1 rings (SSSR count). The average molecular weight is 265 g/mol. The van der Waals surface area contributed by atoms with E-state index in [1.54, 1.807) is 0 Å². The lowest BCUT2D eigenvalue weighted by Crippen LogP contribution is -2.21. The minimum absolute atomic E-state index is 0. The van der Waals surface area contributed by atoms with Crippen LogP contribution in [0.4, 0.5) is 10.1 Å². The first-order valence-corrected chi connectivity index (χ1v) is 4.99. The first-order valence-electron chi connectivity index (χ1n) is 4.99. The molecule has 0 spiro atoms. The molecule has 1 aromatic carbocycles. The lowest BCUT2D eigenvalue weighted by molar-refractivity contribution is 0.109. The van der Waals surface area contributed by atoms with Crippen LogP contribution in [0.15, 0.2) is 12.1 Å². The SMILES string of the molecule is COc1cc(F)c(COCC(C)N)cc1N.Cl. The van der Waals surface area contributed by atoms with E-state index in [4.69, 9.17) is 20.9 Å². The molecule has 4 N–H and O–H groups in total. The Kier molecular flexibility index (Phi) is 6.87. The van der Waals surface area contributed by atoms with E-state index < -0.39 is 5.82 Å². The Labute approximate surface area is 106 Å². The second-order valence-electron chi connectivity index (χ2n) is 3.68. The first kappa shape index (κ1) is 16.0. The van der Waals surface area contributed by atoms with Gasteiger partial charge >= 0.3 is 0 Å². The molecule has 0 saturated heterocycles. The van der Waals surface area contributed by atoms with Crippen LogP contribution in [-0.2, 0) is 11.3 Å². The fourth-order valence-electron chi connectivity index (χ4n) is 1.26. The maximum absolute atomic E-state index is 13.5. The molecule has 1 atom stereocenters. The van der Waals surface area contributed by atoms with E-state index in [0.717, 1.165) is 0 Å². The highest BCUT2D eigenvalue weighted by Crippen LogP contribution is 2.25. The molecule has 4 nitrogen and oxygen atoms in total. The number of methoxy groups -OCH3 is 1. The third-order valence-corrected chi connectivity index (χ3v) is 2.04. The van der Waals surface area contributed by atoms with Crippen LogP contribution in [0.3, 0.4) is 0 Å². The molecule has 0 saturated carbocycles. The van der Waals surface area contributed by atoms with Gasteiger partial charge in [0.25, 0.3) is 0 Å². The molecular weight excluding hydrogens is 247 g/mol. The van der Waals surface area contributed by atoms with Gasteiger partial charge in [0.1, 0.15) is 11.6 Å². The fourth-order valence-corrected chi connectivity index (χ4v) is 1.26. The smallest absolute Gasteiger partial charge is 0.144 e. The van der Waals surface area contributed by atoms with Gasteiger partial charge in [0.15, 0.2) is 0 Å². The molecule has 0 radical (unpaired) electrons. The lowest BCUT2D eigenvalue weighted by Gasteiger charge is -2.10. The summed E-state index contributed by atoms with van der Waals surface area (Å²) in [6, 6.07) is 2.69. The van der Waals surface area contributed by atoms with Gasteiger partial charge in [0.2, 0.25) is 0 Å². The van der Waals surface area contributed by atoms with Gasteiger partial charge in [0, 0.05) is 17.7 Å². The molecule has 1 aromatic rings. The van der Waals surface area contributed by atoms with Gasteiger partial charge < -0.3 is 20.9 Å². The van der Waals surface area contributed by atoms with E-state index >= 15 is 0 Å². The highest BCUT2D eigenvalue weighted by atomic mass is 35.5. The third-order valence-electron chi connectivity index (χ3n) is 2.04. The van der Waals surface area contributed by atoms with Crippen LogP contribution >= 0.6 is 12.4 Å². The van der Waals surface area contributed by atoms with Crippen LogP contribution in [0.5, 0.6) is 5.75 Å². The zero-order valence-electron chi connectivity index (χ0n) is 9.90. The van der Waals surface area contributed by atoms with E-state index in [2.05, 4.69) is 0 Å². The van der Waals surface area contributed by atoms with Gasteiger partial charge in [0.05, 0.1) is 26.0 Å². The second kappa shape index (κ2) is 7.32. The summed E-state index contributed by atoms with van der Waals surface area (Å²) in [6.07, 6.45) is 0. The molecule has 0 aliphatic rings. The minimum atomic E-state index is -0.393. The Morgan fingerprint density at radius 3 is 2.59 bits per heavy atom. The molecule has 6 heteroatoms. The number of hydrogen-bond donors (Lipinski definition) is 2. The minimum Gasteiger partial charge on any atom is -0.494 e. The van der Waals surface area contributed by atoms with Crippen LogP contribution in [0.25, 0.3) is 0 Å². The maximum atomic E-state index is 13.5. The zero-order valence-corrected chi connectivity index (χ0v) is 10.7. The van der Waals surface area contributed by atoms with Crippen molar-refractivity contribution in [2.75, 3.05) is 19.5 Å². The quantitative estimate of drug-likeness (QED) is 0.794. The molecule has 0 aliphatic heterocycles. The maximum Gasteiger partial charge on any atom is 0.144 e. The predicted octanol–water partition coefficient (Wildman–Crippen LogP) is 1.70. The Hall–Kier alpha value is -1.04. The number of ether oxygens (including phenoxy) is 2. The van der Waals surface area contributed by atoms with Crippen molar-refractivity contribution in [1.82, 2.24) is 0 Å². The molecule has 0 amide bonds. The van der Waals surface area contributed by atoms with Crippen molar-refractivity contribution in [3.05, 3.63) is 23.5 Å². The predicted molar refractivity (Wildman–Crippen MR) is 67.9 cm³/mol. The normalized spacial score (nSPS) is 11.8. The van der Waals surface area contributed by atoms with Crippen molar-refractivity contribution in [3.63, 3.8) is 0 Å². The highest BCUT2D eigenvalue weighted by Gasteiger charge is 2.08. The molecule has 17 heavy (non-hydrogen) atoms. The number of benzene rings is 1. The molecule has 1 unspecified atom stereocenters. The summed E-state index contributed by atoms with van der Waals surface area (Å²) in [5.74, 6) is -0.0656. The largest absolute Gasteiger partial charge is 0.494 e. The summed E-state index contributed by atoms with van der Waals surface area (Å²) in [7, 11) is 1.44. The number of anilines is 1. The summed E-state index contributed by atoms with van der Waals surface area (Å²) in [6.45, 7) is 2.35. The summed E-state index contributed by atoms with van der Waals surface area (Å²) in [5, 5.41) is 0. The van der Waals surface area contributed by atoms with Crippen molar-refractivity contribution in [1.29, 1.82) is 0 Å². The molecule has 0 bridgehead atoms. The van der Waals surface area contributed by atoms with Gasteiger partial charge in [-0.1, -0.05) is 0 Å². The molecule has 0 aromatic heterocycles. The second-order valence-corrected chi connectivity index (χ2v) is 3.68. The number of nitrogen functional groups attached to an aromatic ring is 1. The summed E-state index contributed by atoms with van der Waals surface area (Å²) in [4.78, 5) is 0. The summed E-state index contributed by atoms with van der Waals surface area (Å²) < 4.78 is 23.6. The van der Waals surface area contributed by atoms with Crippen molar-refractivity contribution in [2.45, 2.75) is 19.6 Å². The van der Waals surface area contributed by atoms with Gasteiger partial charge in [-0.2, -0.15) is 0 Å². The van der Waals surface area contributed by atoms with Crippen molar-refractivity contribution >= 4 is 18.1 Å². The van der Waals surface area contributed by atoms with E-state index in [0.29, 0.717) is 23.6 Å². The topological polar surface area (TPSA) is 70.5 Å². The molecule has 0 heterocycles. The van der Waals surface area contributed by atoms with Crippen molar-refractivity contribution in [3.8, 4) is 5.75 Å². The Bertz CT molecular complexity index is 362. The Balaban J connectivity index is 0.00000256.